The van der Waals surface area contributed by atoms with E-state index < -0.39 is 0 Å². The standard InChI is InChI=1S/C21H31N3O3/c25-20(23-16-18-8-13-27-14-9-18)15-19-21(26)22-10-12-24(19)11-4-7-17-5-2-1-3-6-17/h1-3,5-6,18-19H,4,7-16H2,(H,22,26)(H,23,25)/t19-/m0/s1. The van der Waals surface area contributed by atoms with Crippen molar-refractivity contribution < 1.29 is 14.3 Å². The number of carbonyl (C=O) groups is 2. The third kappa shape index (κ3) is 6.33. The summed E-state index contributed by atoms with van der Waals surface area (Å²) in [5, 5.41) is 5.93. The Morgan fingerprint density at radius 2 is 2.00 bits per heavy atom. The molecule has 2 N–H and O–H groups in total. The number of benzene rings is 1. The molecule has 2 aliphatic rings. The van der Waals surface area contributed by atoms with Gasteiger partial charge in [-0.25, -0.2) is 0 Å². The van der Waals surface area contributed by atoms with Crippen molar-refractivity contribution >= 4 is 11.8 Å². The van der Waals surface area contributed by atoms with Crippen LogP contribution in [0.5, 0.6) is 0 Å². The highest BCUT2D eigenvalue weighted by Gasteiger charge is 2.31. The monoisotopic (exact) mass is 373 g/mol. The van der Waals surface area contributed by atoms with E-state index in [9.17, 15) is 9.59 Å². The highest BCUT2D eigenvalue weighted by Crippen LogP contribution is 2.14. The van der Waals surface area contributed by atoms with E-state index in [-0.39, 0.29) is 24.3 Å². The van der Waals surface area contributed by atoms with Crippen molar-refractivity contribution in [1.29, 1.82) is 0 Å². The maximum atomic E-state index is 12.4. The van der Waals surface area contributed by atoms with Gasteiger partial charge in [0.25, 0.3) is 0 Å². The summed E-state index contributed by atoms with van der Waals surface area (Å²) >= 11 is 0. The van der Waals surface area contributed by atoms with Crippen LogP contribution in [0.25, 0.3) is 0 Å². The van der Waals surface area contributed by atoms with Gasteiger partial charge in [0.15, 0.2) is 0 Å². The second-order valence-electron chi connectivity index (χ2n) is 7.50. The quantitative estimate of drug-likeness (QED) is 0.722. The topological polar surface area (TPSA) is 70.7 Å². The molecular weight excluding hydrogens is 342 g/mol. The van der Waals surface area contributed by atoms with Gasteiger partial charge in [-0.05, 0) is 43.7 Å². The van der Waals surface area contributed by atoms with Crippen molar-refractivity contribution in [3.63, 3.8) is 0 Å². The Kier molecular flexibility index (Phi) is 7.66. The van der Waals surface area contributed by atoms with Gasteiger partial charge in [-0.2, -0.15) is 0 Å². The van der Waals surface area contributed by atoms with Gasteiger partial charge in [-0.1, -0.05) is 30.3 Å². The molecule has 0 radical (unpaired) electrons. The molecule has 2 saturated heterocycles. The smallest absolute Gasteiger partial charge is 0.237 e. The van der Waals surface area contributed by atoms with E-state index in [4.69, 9.17) is 4.74 Å². The number of piperazine rings is 1. The lowest BCUT2D eigenvalue weighted by atomic mass is 10.00. The predicted molar refractivity (Wildman–Crippen MR) is 104 cm³/mol. The van der Waals surface area contributed by atoms with Crippen LogP contribution in [-0.4, -0.2) is 62.1 Å². The van der Waals surface area contributed by atoms with Gasteiger partial charge in [0.2, 0.25) is 11.8 Å². The Labute approximate surface area is 161 Å². The van der Waals surface area contributed by atoms with Crippen LogP contribution in [-0.2, 0) is 20.7 Å². The van der Waals surface area contributed by atoms with Gasteiger partial charge in [0.1, 0.15) is 0 Å². The van der Waals surface area contributed by atoms with Crippen molar-refractivity contribution in [2.45, 2.75) is 38.1 Å². The fraction of sp³-hybridized carbons (Fsp3) is 0.619. The Balaban J connectivity index is 1.44. The van der Waals surface area contributed by atoms with Crippen LogP contribution in [0, 0.1) is 5.92 Å². The Bertz CT molecular complexity index is 602. The number of aryl methyl sites for hydroxylation is 1. The maximum absolute atomic E-state index is 12.4. The number of nitrogens with zero attached hydrogens (tertiary/aromatic N) is 1. The highest BCUT2D eigenvalue weighted by atomic mass is 16.5. The zero-order chi connectivity index (χ0) is 18.9. The Morgan fingerprint density at radius 1 is 1.22 bits per heavy atom. The maximum Gasteiger partial charge on any atom is 0.237 e. The lowest BCUT2D eigenvalue weighted by Gasteiger charge is -2.34. The summed E-state index contributed by atoms with van der Waals surface area (Å²) in [6.45, 7) is 4.54. The molecule has 2 amide bonds. The van der Waals surface area contributed by atoms with Crippen LogP contribution in [0.2, 0.25) is 0 Å². The number of hydrogen-bond acceptors (Lipinski definition) is 4. The summed E-state index contributed by atoms with van der Waals surface area (Å²) < 4.78 is 5.35. The first kappa shape index (κ1) is 19.8. The third-order valence-corrected chi connectivity index (χ3v) is 5.50. The largest absolute Gasteiger partial charge is 0.381 e. The second kappa shape index (κ2) is 10.4. The molecule has 2 aliphatic heterocycles. The van der Waals surface area contributed by atoms with Crippen LogP contribution >= 0.6 is 0 Å². The van der Waals surface area contributed by atoms with Gasteiger partial charge in [-0.3, -0.25) is 14.5 Å². The molecule has 27 heavy (non-hydrogen) atoms. The van der Waals surface area contributed by atoms with E-state index in [2.05, 4.69) is 39.8 Å². The SMILES string of the molecule is O=C(C[C@H]1C(=O)NCCN1CCCc1ccccc1)NCC1CCOCC1. The average molecular weight is 373 g/mol. The summed E-state index contributed by atoms with van der Waals surface area (Å²) in [5.41, 5.74) is 1.31. The van der Waals surface area contributed by atoms with Gasteiger partial charge in [-0.15, -0.1) is 0 Å². The predicted octanol–water partition coefficient (Wildman–Crippen LogP) is 1.35. The van der Waals surface area contributed by atoms with Gasteiger partial charge < -0.3 is 15.4 Å². The molecule has 0 saturated carbocycles. The molecule has 0 aromatic heterocycles. The molecule has 3 rings (SSSR count). The minimum Gasteiger partial charge on any atom is -0.381 e. The Hall–Kier alpha value is -1.92. The summed E-state index contributed by atoms with van der Waals surface area (Å²) in [6, 6.07) is 10.0. The van der Waals surface area contributed by atoms with Crippen molar-refractivity contribution in [3.05, 3.63) is 35.9 Å². The highest BCUT2D eigenvalue weighted by molar-refractivity contribution is 5.88. The number of hydrogen-bond donors (Lipinski definition) is 2. The van der Waals surface area contributed by atoms with Gasteiger partial charge >= 0.3 is 0 Å². The van der Waals surface area contributed by atoms with Crippen LogP contribution in [0.3, 0.4) is 0 Å². The fourth-order valence-corrected chi connectivity index (χ4v) is 3.84. The molecule has 2 heterocycles. The number of amides is 2. The summed E-state index contributed by atoms with van der Waals surface area (Å²) in [7, 11) is 0. The van der Waals surface area contributed by atoms with Crippen LogP contribution in [0.4, 0.5) is 0 Å². The average Bonchev–Trinajstić information content (AvgIpc) is 2.70. The number of ether oxygens (including phenoxy) is 1. The van der Waals surface area contributed by atoms with E-state index in [1.54, 1.807) is 0 Å². The summed E-state index contributed by atoms with van der Waals surface area (Å²) in [5.74, 6) is 0.434. The fourth-order valence-electron chi connectivity index (χ4n) is 3.84. The number of rotatable bonds is 8. The molecule has 6 nitrogen and oxygen atoms in total. The molecule has 1 aromatic rings. The van der Waals surface area contributed by atoms with Crippen molar-refractivity contribution in [2.24, 2.45) is 5.92 Å². The zero-order valence-electron chi connectivity index (χ0n) is 16.0. The lowest BCUT2D eigenvalue weighted by Crippen LogP contribution is -2.56. The first-order valence-corrected chi connectivity index (χ1v) is 10.1. The first-order valence-electron chi connectivity index (χ1n) is 10.1. The van der Waals surface area contributed by atoms with Crippen LogP contribution < -0.4 is 10.6 Å². The molecule has 6 heteroatoms. The van der Waals surface area contributed by atoms with Crippen molar-refractivity contribution in [3.8, 4) is 0 Å². The van der Waals surface area contributed by atoms with Gasteiger partial charge in [0, 0.05) is 32.8 Å². The van der Waals surface area contributed by atoms with Crippen LogP contribution in [0.1, 0.15) is 31.2 Å². The minimum atomic E-state index is -0.357. The second-order valence-corrected chi connectivity index (χ2v) is 7.50. The first-order chi connectivity index (χ1) is 13.2. The van der Waals surface area contributed by atoms with E-state index in [0.717, 1.165) is 52.0 Å². The lowest BCUT2D eigenvalue weighted by molar-refractivity contribution is -0.134. The molecule has 0 spiro atoms. The van der Waals surface area contributed by atoms with E-state index in [1.807, 2.05) is 6.07 Å². The third-order valence-electron chi connectivity index (χ3n) is 5.50. The molecule has 0 unspecified atom stereocenters. The van der Waals surface area contributed by atoms with E-state index >= 15 is 0 Å². The molecule has 148 valence electrons. The number of nitrogens with one attached hydrogen (secondary N) is 2. The molecule has 1 atom stereocenters. The minimum absolute atomic E-state index is 0.0258. The number of carbonyl (C=O) groups excluding carboxylic acids is 2. The summed E-state index contributed by atoms with van der Waals surface area (Å²) in [6.07, 6.45) is 4.20. The summed E-state index contributed by atoms with van der Waals surface area (Å²) in [4.78, 5) is 26.9. The molecule has 0 bridgehead atoms. The van der Waals surface area contributed by atoms with Crippen molar-refractivity contribution in [2.75, 3.05) is 39.4 Å². The molecule has 0 aliphatic carbocycles. The molecule has 1 aromatic carbocycles. The Morgan fingerprint density at radius 3 is 2.78 bits per heavy atom. The van der Waals surface area contributed by atoms with Gasteiger partial charge in [0.05, 0.1) is 12.5 Å². The van der Waals surface area contributed by atoms with E-state index in [0.29, 0.717) is 19.0 Å². The normalized spacial score (nSPS) is 21.6. The zero-order valence-corrected chi connectivity index (χ0v) is 16.0. The van der Waals surface area contributed by atoms with E-state index in [1.165, 1.54) is 5.56 Å². The van der Waals surface area contributed by atoms with Crippen LogP contribution in [0.15, 0.2) is 30.3 Å². The molecule has 2 fully saturated rings. The van der Waals surface area contributed by atoms with Crippen molar-refractivity contribution in [1.82, 2.24) is 15.5 Å². The molecular formula is C21H31N3O3.